The number of rotatable bonds is 4. The first-order valence-electron chi connectivity index (χ1n) is 8.23. The van der Waals surface area contributed by atoms with E-state index in [0.717, 1.165) is 44.8 Å². The molecule has 7 heteroatoms. The second-order valence-corrected chi connectivity index (χ2v) is 6.33. The number of anilines is 1. The summed E-state index contributed by atoms with van der Waals surface area (Å²) in [5.41, 5.74) is 0.794. The van der Waals surface area contributed by atoms with E-state index in [1.165, 1.54) is 6.07 Å². The Hall–Kier alpha value is -2.46. The SMILES string of the molecule is N#Cc1c(F)cccc1N1CCN(Cc2nc(C3CC3)no2)CC1. The minimum Gasteiger partial charge on any atom is -0.368 e. The van der Waals surface area contributed by atoms with Gasteiger partial charge in [-0.05, 0) is 25.0 Å². The maximum atomic E-state index is 13.8. The van der Waals surface area contributed by atoms with Gasteiger partial charge in [-0.1, -0.05) is 11.2 Å². The molecule has 0 spiro atoms. The van der Waals surface area contributed by atoms with Crippen LogP contribution in [0.15, 0.2) is 22.7 Å². The summed E-state index contributed by atoms with van der Waals surface area (Å²) in [6.07, 6.45) is 2.32. The van der Waals surface area contributed by atoms with E-state index >= 15 is 0 Å². The van der Waals surface area contributed by atoms with E-state index < -0.39 is 5.82 Å². The molecular weight excluding hydrogens is 309 g/mol. The summed E-state index contributed by atoms with van der Waals surface area (Å²) < 4.78 is 19.1. The van der Waals surface area contributed by atoms with Crippen LogP contribution in [0.5, 0.6) is 0 Å². The molecule has 124 valence electrons. The highest BCUT2D eigenvalue weighted by Crippen LogP contribution is 2.38. The minimum absolute atomic E-state index is 0.122. The predicted octanol–water partition coefficient (Wildman–Crippen LogP) is 2.28. The van der Waals surface area contributed by atoms with Crippen molar-refractivity contribution in [1.29, 1.82) is 5.26 Å². The van der Waals surface area contributed by atoms with Crippen LogP contribution in [0, 0.1) is 17.1 Å². The number of aromatic nitrogens is 2. The van der Waals surface area contributed by atoms with Gasteiger partial charge in [0.1, 0.15) is 17.4 Å². The van der Waals surface area contributed by atoms with Crippen LogP contribution >= 0.6 is 0 Å². The van der Waals surface area contributed by atoms with E-state index in [1.807, 2.05) is 6.07 Å². The van der Waals surface area contributed by atoms with Gasteiger partial charge < -0.3 is 9.42 Å². The second kappa shape index (κ2) is 6.21. The first kappa shape index (κ1) is 15.1. The molecule has 0 radical (unpaired) electrons. The third-order valence-corrected chi connectivity index (χ3v) is 4.60. The number of nitrogens with zero attached hydrogens (tertiary/aromatic N) is 5. The highest BCUT2D eigenvalue weighted by molar-refractivity contribution is 5.60. The van der Waals surface area contributed by atoms with Gasteiger partial charge in [-0.3, -0.25) is 4.90 Å². The van der Waals surface area contributed by atoms with Gasteiger partial charge in [-0.2, -0.15) is 10.2 Å². The molecule has 2 heterocycles. The van der Waals surface area contributed by atoms with Crippen molar-refractivity contribution in [3.05, 3.63) is 41.3 Å². The van der Waals surface area contributed by atoms with Gasteiger partial charge in [-0.25, -0.2) is 4.39 Å². The molecule has 24 heavy (non-hydrogen) atoms. The average Bonchev–Trinajstić information content (AvgIpc) is 3.35. The van der Waals surface area contributed by atoms with Gasteiger partial charge in [0.05, 0.1) is 12.2 Å². The van der Waals surface area contributed by atoms with E-state index in [4.69, 9.17) is 4.52 Å². The van der Waals surface area contributed by atoms with Crippen LogP contribution in [-0.4, -0.2) is 41.2 Å². The van der Waals surface area contributed by atoms with Crippen LogP contribution in [0.25, 0.3) is 0 Å². The molecule has 1 aliphatic heterocycles. The van der Waals surface area contributed by atoms with Gasteiger partial charge >= 0.3 is 0 Å². The number of piperazine rings is 1. The van der Waals surface area contributed by atoms with Crippen molar-refractivity contribution in [3.8, 4) is 6.07 Å². The monoisotopic (exact) mass is 327 g/mol. The summed E-state index contributed by atoms with van der Waals surface area (Å²) >= 11 is 0. The summed E-state index contributed by atoms with van der Waals surface area (Å²) in [7, 11) is 0. The van der Waals surface area contributed by atoms with E-state index in [9.17, 15) is 9.65 Å². The summed E-state index contributed by atoms with van der Waals surface area (Å²) in [5.74, 6) is 1.53. The summed E-state index contributed by atoms with van der Waals surface area (Å²) in [4.78, 5) is 8.76. The molecule has 0 bridgehead atoms. The molecule has 0 N–H and O–H groups in total. The van der Waals surface area contributed by atoms with E-state index in [2.05, 4.69) is 19.9 Å². The van der Waals surface area contributed by atoms with Crippen LogP contribution in [0.3, 0.4) is 0 Å². The Labute approximate surface area is 139 Å². The molecule has 0 atom stereocenters. The third-order valence-electron chi connectivity index (χ3n) is 4.60. The van der Waals surface area contributed by atoms with Crippen LogP contribution in [0.1, 0.15) is 36.0 Å². The molecule has 2 fully saturated rings. The average molecular weight is 327 g/mol. The topological polar surface area (TPSA) is 69.2 Å². The quantitative estimate of drug-likeness (QED) is 0.858. The molecular formula is C17H18FN5O. The fraction of sp³-hybridized carbons (Fsp3) is 0.471. The second-order valence-electron chi connectivity index (χ2n) is 6.33. The molecule has 2 aromatic rings. The van der Waals surface area contributed by atoms with Crippen molar-refractivity contribution >= 4 is 5.69 Å². The number of benzene rings is 1. The zero-order valence-electron chi connectivity index (χ0n) is 13.3. The lowest BCUT2D eigenvalue weighted by Crippen LogP contribution is -2.46. The lowest BCUT2D eigenvalue weighted by molar-refractivity contribution is 0.215. The van der Waals surface area contributed by atoms with E-state index in [0.29, 0.717) is 24.0 Å². The Kier molecular flexibility index (Phi) is 3.90. The van der Waals surface area contributed by atoms with Crippen LogP contribution in [-0.2, 0) is 6.54 Å². The molecule has 6 nitrogen and oxygen atoms in total. The fourth-order valence-electron chi connectivity index (χ4n) is 3.06. The van der Waals surface area contributed by atoms with Crippen molar-refractivity contribution in [1.82, 2.24) is 15.0 Å². The number of nitriles is 1. The Balaban J connectivity index is 1.38. The highest BCUT2D eigenvalue weighted by atomic mass is 19.1. The van der Waals surface area contributed by atoms with Crippen molar-refractivity contribution < 1.29 is 8.91 Å². The molecule has 1 saturated heterocycles. The zero-order chi connectivity index (χ0) is 16.5. The number of hydrogen-bond donors (Lipinski definition) is 0. The Bertz CT molecular complexity index is 772. The summed E-state index contributed by atoms with van der Waals surface area (Å²) in [6, 6.07) is 6.74. The lowest BCUT2D eigenvalue weighted by Gasteiger charge is -2.35. The van der Waals surface area contributed by atoms with Gasteiger partial charge in [0.15, 0.2) is 5.82 Å². The molecule has 1 aliphatic carbocycles. The van der Waals surface area contributed by atoms with Crippen molar-refractivity contribution in [3.63, 3.8) is 0 Å². The fourth-order valence-corrected chi connectivity index (χ4v) is 3.06. The third kappa shape index (κ3) is 2.97. The molecule has 0 amide bonds. The van der Waals surface area contributed by atoms with E-state index in [-0.39, 0.29) is 5.56 Å². The maximum Gasteiger partial charge on any atom is 0.240 e. The predicted molar refractivity (Wildman–Crippen MR) is 84.9 cm³/mol. The molecule has 2 aliphatic rings. The van der Waals surface area contributed by atoms with Crippen molar-refractivity contribution in [2.24, 2.45) is 0 Å². The van der Waals surface area contributed by atoms with Crippen LogP contribution in [0.4, 0.5) is 10.1 Å². The molecule has 0 unspecified atom stereocenters. The van der Waals surface area contributed by atoms with Gasteiger partial charge in [0, 0.05) is 32.1 Å². The molecule has 1 saturated carbocycles. The van der Waals surface area contributed by atoms with Crippen LogP contribution in [0.2, 0.25) is 0 Å². The molecule has 1 aromatic heterocycles. The van der Waals surface area contributed by atoms with Gasteiger partial charge in [-0.15, -0.1) is 0 Å². The lowest BCUT2D eigenvalue weighted by atomic mass is 10.1. The van der Waals surface area contributed by atoms with Gasteiger partial charge in [0.25, 0.3) is 0 Å². The molecule has 1 aromatic carbocycles. The Morgan fingerprint density at radius 3 is 2.75 bits per heavy atom. The maximum absolute atomic E-state index is 13.8. The Morgan fingerprint density at radius 1 is 1.25 bits per heavy atom. The van der Waals surface area contributed by atoms with Crippen molar-refractivity contribution in [2.45, 2.75) is 25.3 Å². The van der Waals surface area contributed by atoms with E-state index in [1.54, 1.807) is 12.1 Å². The van der Waals surface area contributed by atoms with Crippen LogP contribution < -0.4 is 4.90 Å². The van der Waals surface area contributed by atoms with Gasteiger partial charge in [0.2, 0.25) is 5.89 Å². The smallest absolute Gasteiger partial charge is 0.240 e. The standard InChI is InChI=1S/C17H18FN5O/c18-14-2-1-3-15(13(14)10-19)23-8-6-22(7-9-23)11-16-20-17(21-24-16)12-4-5-12/h1-3,12H,4-9,11H2. The summed E-state index contributed by atoms with van der Waals surface area (Å²) in [5, 5.41) is 13.2. The highest BCUT2D eigenvalue weighted by Gasteiger charge is 2.29. The Morgan fingerprint density at radius 2 is 2.04 bits per heavy atom. The summed E-state index contributed by atoms with van der Waals surface area (Å²) in [6.45, 7) is 3.73. The first-order chi connectivity index (χ1) is 11.7. The zero-order valence-corrected chi connectivity index (χ0v) is 13.3. The minimum atomic E-state index is -0.462. The van der Waals surface area contributed by atoms with Crippen molar-refractivity contribution in [2.75, 3.05) is 31.1 Å². The number of hydrogen-bond acceptors (Lipinski definition) is 6. The molecule has 4 rings (SSSR count). The number of halogens is 1. The largest absolute Gasteiger partial charge is 0.368 e. The first-order valence-corrected chi connectivity index (χ1v) is 8.23. The normalized spacial score (nSPS) is 18.6.